The van der Waals surface area contributed by atoms with E-state index in [4.69, 9.17) is 0 Å². The molecule has 0 unspecified atom stereocenters. The van der Waals surface area contributed by atoms with Gasteiger partial charge in [0.1, 0.15) is 11.6 Å². The molecule has 0 aromatic heterocycles. The van der Waals surface area contributed by atoms with E-state index in [0.29, 0.717) is 17.8 Å². The molecule has 0 atom stereocenters. The van der Waals surface area contributed by atoms with Gasteiger partial charge in [0.2, 0.25) is 0 Å². The van der Waals surface area contributed by atoms with Crippen molar-refractivity contribution in [1.29, 1.82) is 0 Å². The first-order valence-corrected chi connectivity index (χ1v) is 6.24. The first kappa shape index (κ1) is 12.3. The van der Waals surface area contributed by atoms with Gasteiger partial charge in [-0.05, 0) is 36.0 Å². The summed E-state index contributed by atoms with van der Waals surface area (Å²) in [5.74, 6) is 0.272. The average Bonchev–Trinajstić information content (AvgIpc) is 3.00. The molecule has 1 aliphatic carbocycles. The van der Waals surface area contributed by atoms with Crippen LogP contribution in [-0.4, -0.2) is 5.78 Å². The van der Waals surface area contributed by atoms with Crippen LogP contribution in [0.5, 0.6) is 0 Å². The summed E-state index contributed by atoms with van der Waals surface area (Å²) in [6.45, 7) is 5.95. The van der Waals surface area contributed by atoms with Crippen molar-refractivity contribution in [3.63, 3.8) is 0 Å². The first-order chi connectivity index (χ1) is 7.92. The summed E-state index contributed by atoms with van der Waals surface area (Å²) in [4.78, 5) is 12.0. The van der Waals surface area contributed by atoms with E-state index >= 15 is 0 Å². The molecule has 0 bridgehead atoms. The Morgan fingerprint density at radius 1 is 1.41 bits per heavy atom. The zero-order valence-corrected chi connectivity index (χ0v) is 10.7. The van der Waals surface area contributed by atoms with E-state index in [-0.39, 0.29) is 17.2 Å². The highest BCUT2D eigenvalue weighted by Gasteiger charge is 2.43. The SMILES string of the molecule is CC(C)c1cc(CC(=O)C2(C)CC2)ccc1F. The fraction of sp³-hybridized carbons (Fsp3) is 0.533. The molecule has 1 nitrogen and oxygen atoms in total. The molecule has 1 aromatic rings. The van der Waals surface area contributed by atoms with Crippen LogP contribution in [0.4, 0.5) is 4.39 Å². The topological polar surface area (TPSA) is 17.1 Å². The molecule has 2 heteroatoms. The molecule has 1 aromatic carbocycles. The second-order valence-corrected chi connectivity index (χ2v) is 5.67. The third-order valence-corrected chi connectivity index (χ3v) is 3.72. The van der Waals surface area contributed by atoms with Gasteiger partial charge in [-0.15, -0.1) is 0 Å². The summed E-state index contributed by atoms with van der Waals surface area (Å²) in [5, 5.41) is 0. The molecule has 0 heterocycles. The Morgan fingerprint density at radius 2 is 2.06 bits per heavy atom. The molecule has 92 valence electrons. The van der Waals surface area contributed by atoms with Crippen molar-refractivity contribution in [2.45, 2.75) is 46.0 Å². The highest BCUT2D eigenvalue weighted by Crippen LogP contribution is 2.46. The third-order valence-electron chi connectivity index (χ3n) is 3.72. The minimum Gasteiger partial charge on any atom is -0.299 e. The molecule has 0 aliphatic heterocycles. The fourth-order valence-electron chi connectivity index (χ4n) is 2.01. The number of carbonyl (C=O) groups is 1. The Bertz CT molecular complexity index is 444. The lowest BCUT2D eigenvalue weighted by molar-refractivity contribution is -0.122. The lowest BCUT2D eigenvalue weighted by Crippen LogP contribution is -2.14. The third kappa shape index (κ3) is 2.56. The fourth-order valence-corrected chi connectivity index (χ4v) is 2.01. The van der Waals surface area contributed by atoms with Crippen molar-refractivity contribution in [1.82, 2.24) is 0 Å². The van der Waals surface area contributed by atoms with Gasteiger partial charge in [0.05, 0.1) is 0 Å². The number of benzene rings is 1. The smallest absolute Gasteiger partial charge is 0.143 e. The number of halogens is 1. The second kappa shape index (κ2) is 4.25. The van der Waals surface area contributed by atoms with Crippen LogP contribution in [0.15, 0.2) is 18.2 Å². The molecule has 1 saturated carbocycles. The van der Waals surface area contributed by atoms with Crippen molar-refractivity contribution in [3.8, 4) is 0 Å². The molecule has 0 amide bonds. The van der Waals surface area contributed by atoms with Crippen LogP contribution in [0.25, 0.3) is 0 Å². The Hall–Kier alpha value is -1.18. The number of rotatable bonds is 4. The van der Waals surface area contributed by atoms with E-state index in [2.05, 4.69) is 0 Å². The molecule has 0 saturated heterocycles. The van der Waals surface area contributed by atoms with Crippen LogP contribution in [0.2, 0.25) is 0 Å². The zero-order chi connectivity index (χ0) is 12.6. The summed E-state index contributed by atoms with van der Waals surface area (Å²) in [5.41, 5.74) is 1.55. The molecule has 2 rings (SSSR count). The van der Waals surface area contributed by atoms with Crippen LogP contribution < -0.4 is 0 Å². The predicted octanol–water partition coefficient (Wildman–Crippen LogP) is 3.86. The molecule has 0 radical (unpaired) electrons. The van der Waals surface area contributed by atoms with Gasteiger partial charge in [-0.25, -0.2) is 4.39 Å². The molecule has 0 N–H and O–H groups in total. The zero-order valence-electron chi connectivity index (χ0n) is 10.7. The van der Waals surface area contributed by atoms with Crippen molar-refractivity contribution in [3.05, 3.63) is 35.1 Å². The van der Waals surface area contributed by atoms with Crippen molar-refractivity contribution < 1.29 is 9.18 Å². The van der Waals surface area contributed by atoms with E-state index in [1.54, 1.807) is 6.07 Å². The number of hydrogen-bond donors (Lipinski definition) is 0. The Kier molecular flexibility index (Phi) is 3.07. The van der Waals surface area contributed by atoms with Gasteiger partial charge in [0.25, 0.3) is 0 Å². The van der Waals surface area contributed by atoms with Gasteiger partial charge < -0.3 is 0 Å². The predicted molar refractivity (Wildman–Crippen MR) is 66.5 cm³/mol. The van der Waals surface area contributed by atoms with Crippen molar-refractivity contribution >= 4 is 5.78 Å². The molecule has 1 aliphatic rings. The molecule has 17 heavy (non-hydrogen) atoms. The minimum atomic E-state index is -0.172. The lowest BCUT2D eigenvalue weighted by Gasteiger charge is -2.11. The van der Waals surface area contributed by atoms with Gasteiger partial charge in [-0.3, -0.25) is 4.79 Å². The maximum absolute atomic E-state index is 13.5. The van der Waals surface area contributed by atoms with Gasteiger partial charge in [-0.1, -0.05) is 32.9 Å². The summed E-state index contributed by atoms with van der Waals surface area (Å²) in [6, 6.07) is 5.04. The summed E-state index contributed by atoms with van der Waals surface area (Å²) < 4.78 is 13.5. The Morgan fingerprint density at radius 3 is 2.59 bits per heavy atom. The second-order valence-electron chi connectivity index (χ2n) is 5.67. The van der Waals surface area contributed by atoms with Gasteiger partial charge >= 0.3 is 0 Å². The Balaban J connectivity index is 2.16. The van der Waals surface area contributed by atoms with E-state index < -0.39 is 0 Å². The standard InChI is InChI=1S/C15H19FO/c1-10(2)12-8-11(4-5-13(12)16)9-14(17)15(3)6-7-15/h4-5,8,10H,6-7,9H2,1-3H3. The first-order valence-electron chi connectivity index (χ1n) is 6.24. The van der Waals surface area contributed by atoms with E-state index in [1.165, 1.54) is 6.07 Å². The van der Waals surface area contributed by atoms with E-state index in [0.717, 1.165) is 18.4 Å². The van der Waals surface area contributed by atoms with E-state index in [9.17, 15) is 9.18 Å². The van der Waals surface area contributed by atoms with Gasteiger partial charge in [0, 0.05) is 11.8 Å². The van der Waals surface area contributed by atoms with Crippen molar-refractivity contribution in [2.24, 2.45) is 5.41 Å². The molecular formula is C15H19FO. The number of hydrogen-bond acceptors (Lipinski definition) is 1. The maximum atomic E-state index is 13.5. The van der Waals surface area contributed by atoms with Crippen molar-refractivity contribution in [2.75, 3.05) is 0 Å². The van der Waals surface area contributed by atoms with Gasteiger partial charge in [-0.2, -0.15) is 0 Å². The largest absolute Gasteiger partial charge is 0.299 e. The van der Waals surface area contributed by atoms with Crippen LogP contribution in [0.1, 0.15) is 50.7 Å². The summed E-state index contributed by atoms with van der Waals surface area (Å²) in [7, 11) is 0. The lowest BCUT2D eigenvalue weighted by atomic mass is 9.94. The van der Waals surface area contributed by atoms with Gasteiger partial charge in [0.15, 0.2) is 0 Å². The van der Waals surface area contributed by atoms with Crippen LogP contribution in [0, 0.1) is 11.2 Å². The van der Waals surface area contributed by atoms with E-state index in [1.807, 2.05) is 26.8 Å². The number of ketones is 1. The molecule has 1 fully saturated rings. The average molecular weight is 234 g/mol. The quantitative estimate of drug-likeness (QED) is 0.773. The Labute approximate surface area is 102 Å². The highest BCUT2D eigenvalue weighted by molar-refractivity contribution is 5.88. The highest BCUT2D eigenvalue weighted by atomic mass is 19.1. The van der Waals surface area contributed by atoms with Crippen LogP contribution >= 0.6 is 0 Å². The van der Waals surface area contributed by atoms with Crippen LogP contribution in [0.3, 0.4) is 0 Å². The maximum Gasteiger partial charge on any atom is 0.143 e. The summed E-state index contributed by atoms with van der Waals surface area (Å²) in [6.07, 6.45) is 2.45. The normalized spacial score (nSPS) is 17.2. The minimum absolute atomic E-state index is 0.0909. The van der Waals surface area contributed by atoms with Crippen LogP contribution in [-0.2, 0) is 11.2 Å². The molecule has 0 spiro atoms. The number of carbonyl (C=O) groups excluding carboxylic acids is 1. The summed E-state index contributed by atoms with van der Waals surface area (Å²) >= 11 is 0. The molecular weight excluding hydrogens is 215 g/mol. The monoisotopic (exact) mass is 234 g/mol. The number of Topliss-reactive ketones (excluding diaryl/α,β-unsaturated/α-hetero) is 1.